The number of fused-ring (bicyclic) bond motifs is 1. The van der Waals surface area contributed by atoms with Gasteiger partial charge < -0.3 is 19.4 Å². The van der Waals surface area contributed by atoms with Crippen LogP contribution in [0.1, 0.15) is 42.1 Å². The van der Waals surface area contributed by atoms with Crippen LogP contribution < -0.4 is 0 Å². The second-order valence-electron chi connectivity index (χ2n) is 9.44. The van der Waals surface area contributed by atoms with E-state index in [1.54, 1.807) is 12.4 Å². The van der Waals surface area contributed by atoms with Gasteiger partial charge in [0.25, 0.3) is 0 Å². The zero-order chi connectivity index (χ0) is 23.7. The fourth-order valence-corrected chi connectivity index (χ4v) is 5.07. The van der Waals surface area contributed by atoms with Crippen molar-refractivity contribution < 1.29 is 14.4 Å². The Morgan fingerprint density at radius 3 is 2.56 bits per heavy atom. The fourth-order valence-electron chi connectivity index (χ4n) is 5.07. The predicted octanol–water partition coefficient (Wildman–Crippen LogP) is 4.40. The average molecular weight is 459 g/mol. The van der Waals surface area contributed by atoms with Gasteiger partial charge in [-0.3, -0.25) is 9.78 Å². The molecule has 1 aliphatic carbocycles. The minimum Gasteiger partial charge on any atom is -0.460 e. The van der Waals surface area contributed by atoms with Crippen molar-refractivity contribution in [1.82, 2.24) is 14.8 Å². The number of likely N-dealkylation sites (tertiary alicyclic amines) is 1. The summed E-state index contributed by atoms with van der Waals surface area (Å²) in [5.41, 5.74) is 6.12. The van der Waals surface area contributed by atoms with Crippen molar-refractivity contribution >= 4 is 11.6 Å². The van der Waals surface area contributed by atoms with Gasteiger partial charge >= 0.3 is 0 Å². The molecule has 2 aromatic heterocycles. The number of hydrogen-bond donors (Lipinski definition) is 1. The second-order valence-corrected chi connectivity index (χ2v) is 9.44. The van der Waals surface area contributed by atoms with Crippen LogP contribution in [-0.4, -0.2) is 65.3 Å². The summed E-state index contributed by atoms with van der Waals surface area (Å²) < 4.78 is 6.51. The Balaban J connectivity index is 1.45. The number of furan rings is 1. The molecule has 1 aliphatic heterocycles. The van der Waals surface area contributed by atoms with Crippen LogP contribution in [-0.2, 0) is 11.2 Å². The minimum absolute atomic E-state index is 0.185. The van der Waals surface area contributed by atoms with Crippen molar-refractivity contribution in [2.24, 2.45) is 5.16 Å². The van der Waals surface area contributed by atoms with Crippen molar-refractivity contribution in [2.75, 3.05) is 33.7 Å². The molecule has 0 saturated carbocycles. The van der Waals surface area contributed by atoms with E-state index in [1.165, 1.54) is 5.56 Å². The maximum atomic E-state index is 12.4. The van der Waals surface area contributed by atoms with Gasteiger partial charge in [-0.15, -0.1) is 0 Å². The van der Waals surface area contributed by atoms with Gasteiger partial charge in [-0.2, -0.15) is 0 Å². The average Bonchev–Trinajstić information content (AvgIpc) is 3.48. The molecular formula is C27H30N4O3. The number of hydrogen-bond acceptors (Lipinski definition) is 6. The number of oxime groups is 1. The van der Waals surface area contributed by atoms with Gasteiger partial charge in [0.05, 0.1) is 12.3 Å². The van der Waals surface area contributed by atoms with Crippen LogP contribution in [0.2, 0.25) is 0 Å². The maximum absolute atomic E-state index is 12.4. The van der Waals surface area contributed by atoms with Crippen molar-refractivity contribution in [3.63, 3.8) is 0 Å². The third-order valence-electron chi connectivity index (χ3n) is 6.87. The number of amides is 1. The number of carbonyl (C=O) groups excluding carboxylic acids is 1. The lowest BCUT2D eigenvalue weighted by molar-refractivity contribution is -0.132. The predicted molar refractivity (Wildman–Crippen MR) is 131 cm³/mol. The SMILES string of the molecule is CN(C)CC(=O)N1CCC(c2cc(-c3ccc4c(c3)CCC4=NO)c(-c3ccncc3)o2)CC1. The highest BCUT2D eigenvalue weighted by atomic mass is 16.4. The zero-order valence-electron chi connectivity index (χ0n) is 19.7. The Morgan fingerprint density at radius 1 is 1.09 bits per heavy atom. The molecule has 1 saturated heterocycles. The van der Waals surface area contributed by atoms with E-state index in [0.29, 0.717) is 6.54 Å². The molecule has 2 aliphatic rings. The minimum atomic E-state index is 0.185. The molecular weight excluding hydrogens is 428 g/mol. The summed E-state index contributed by atoms with van der Waals surface area (Å²) in [4.78, 5) is 20.5. The summed E-state index contributed by atoms with van der Waals surface area (Å²) in [6.45, 7) is 1.95. The van der Waals surface area contributed by atoms with E-state index >= 15 is 0 Å². The van der Waals surface area contributed by atoms with Gasteiger partial charge in [-0.25, -0.2) is 0 Å². The van der Waals surface area contributed by atoms with Crippen LogP contribution in [0.5, 0.6) is 0 Å². The molecule has 0 atom stereocenters. The first-order chi connectivity index (χ1) is 16.5. The number of aromatic nitrogens is 1. The number of likely N-dealkylation sites (N-methyl/N-ethyl adjacent to an activating group) is 1. The zero-order valence-corrected chi connectivity index (χ0v) is 19.7. The van der Waals surface area contributed by atoms with E-state index in [4.69, 9.17) is 4.42 Å². The molecule has 176 valence electrons. The molecule has 1 aromatic carbocycles. The molecule has 3 heterocycles. The summed E-state index contributed by atoms with van der Waals surface area (Å²) in [5, 5.41) is 12.7. The van der Waals surface area contributed by atoms with E-state index in [9.17, 15) is 10.0 Å². The molecule has 1 N–H and O–H groups in total. The van der Waals surface area contributed by atoms with Gasteiger partial charge in [0, 0.05) is 48.1 Å². The van der Waals surface area contributed by atoms with Crippen LogP contribution in [0.4, 0.5) is 0 Å². The molecule has 0 radical (unpaired) electrons. The van der Waals surface area contributed by atoms with Gasteiger partial charge in [-0.1, -0.05) is 23.4 Å². The maximum Gasteiger partial charge on any atom is 0.236 e. The van der Waals surface area contributed by atoms with Gasteiger partial charge in [0.2, 0.25) is 5.91 Å². The first-order valence-electron chi connectivity index (χ1n) is 11.8. The lowest BCUT2D eigenvalue weighted by Crippen LogP contribution is -2.42. The highest BCUT2D eigenvalue weighted by molar-refractivity contribution is 6.04. The van der Waals surface area contributed by atoms with Crippen molar-refractivity contribution in [1.29, 1.82) is 0 Å². The topological polar surface area (TPSA) is 82.2 Å². The lowest BCUT2D eigenvalue weighted by atomic mass is 9.92. The molecule has 1 amide bonds. The van der Waals surface area contributed by atoms with Crippen LogP contribution in [0, 0.1) is 0 Å². The van der Waals surface area contributed by atoms with Crippen LogP contribution in [0.15, 0.2) is 58.4 Å². The summed E-state index contributed by atoms with van der Waals surface area (Å²) >= 11 is 0. The standard InChI is InChI=1S/C27H30N4O3/c1-30(2)17-26(32)31-13-9-18(10-14-31)25-16-23(27(34-25)19-7-11-28-12-8-19)21-3-5-22-20(15-21)4-6-24(22)29-33/h3,5,7-8,11-12,15-16,18,33H,4,6,9-10,13-14,17H2,1-2H3. The summed E-state index contributed by atoms with van der Waals surface area (Å²) in [7, 11) is 3.85. The second kappa shape index (κ2) is 9.43. The van der Waals surface area contributed by atoms with Crippen LogP contribution in [0.3, 0.4) is 0 Å². The molecule has 7 heteroatoms. The van der Waals surface area contributed by atoms with Crippen molar-refractivity contribution in [2.45, 2.75) is 31.6 Å². The molecule has 0 unspecified atom stereocenters. The monoisotopic (exact) mass is 458 g/mol. The Hall–Kier alpha value is -3.45. The first kappa shape index (κ1) is 22.3. The van der Waals surface area contributed by atoms with Crippen molar-refractivity contribution in [3.05, 3.63) is 65.7 Å². The number of aryl methyl sites for hydroxylation is 1. The van der Waals surface area contributed by atoms with Gasteiger partial charge in [-0.05, 0) is 69.1 Å². The van der Waals surface area contributed by atoms with E-state index in [-0.39, 0.29) is 11.8 Å². The number of rotatable bonds is 5. The summed E-state index contributed by atoms with van der Waals surface area (Å²) in [6.07, 6.45) is 6.97. The largest absolute Gasteiger partial charge is 0.460 e. The van der Waals surface area contributed by atoms with E-state index in [0.717, 1.165) is 78.3 Å². The van der Waals surface area contributed by atoms with E-state index in [1.807, 2.05) is 42.1 Å². The Labute approximate surface area is 199 Å². The molecule has 0 bridgehead atoms. The Kier molecular flexibility index (Phi) is 6.20. The highest BCUT2D eigenvalue weighted by Crippen LogP contribution is 2.41. The normalized spacial score (nSPS) is 17.5. The van der Waals surface area contributed by atoms with E-state index < -0.39 is 0 Å². The summed E-state index contributed by atoms with van der Waals surface area (Å²) in [5.74, 6) is 2.28. The Morgan fingerprint density at radius 2 is 1.85 bits per heavy atom. The molecule has 0 spiro atoms. The van der Waals surface area contributed by atoms with Crippen LogP contribution in [0.25, 0.3) is 22.5 Å². The highest BCUT2D eigenvalue weighted by Gasteiger charge is 2.28. The van der Waals surface area contributed by atoms with Gasteiger partial charge in [0.15, 0.2) is 0 Å². The number of pyridine rings is 1. The van der Waals surface area contributed by atoms with E-state index in [2.05, 4.69) is 28.3 Å². The molecule has 34 heavy (non-hydrogen) atoms. The molecule has 1 fully saturated rings. The lowest BCUT2D eigenvalue weighted by Gasteiger charge is -2.31. The number of benzene rings is 1. The van der Waals surface area contributed by atoms with Crippen LogP contribution >= 0.6 is 0 Å². The molecule has 7 nitrogen and oxygen atoms in total. The number of carbonyl (C=O) groups is 1. The van der Waals surface area contributed by atoms with Gasteiger partial charge in [0.1, 0.15) is 11.5 Å². The fraction of sp³-hybridized carbons (Fsp3) is 0.370. The summed E-state index contributed by atoms with van der Waals surface area (Å²) in [6, 6.07) is 12.4. The smallest absolute Gasteiger partial charge is 0.236 e. The third kappa shape index (κ3) is 4.35. The van der Waals surface area contributed by atoms with Crippen molar-refractivity contribution in [3.8, 4) is 22.5 Å². The Bertz CT molecular complexity index is 1210. The first-order valence-corrected chi connectivity index (χ1v) is 11.8. The number of nitrogens with zero attached hydrogens (tertiary/aromatic N) is 4. The molecule has 5 rings (SSSR count). The third-order valence-corrected chi connectivity index (χ3v) is 6.87. The quantitative estimate of drug-likeness (QED) is 0.453. The molecule has 3 aromatic rings. The number of piperidine rings is 1.